The molecule has 0 aromatic rings. The monoisotopic (exact) mass is 356 g/mol. The molecule has 140 valence electrons. The third-order valence-corrected chi connectivity index (χ3v) is 2.86. The summed E-state index contributed by atoms with van der Waals surface area (Å²) < 4.78 is 71.2. The van der Waals surface area contributed by atoms with Gasteiger partial charge in [0.1, 0.15) is 0 Å². The lowest BCUT2D eigenvalue weighted by atomic mass is 9.87. The Morgan fingerprint density at radius 1 is 1.04 bits per heavy atom. The van der Waals surface area contributed by atoms with Gasteiger partial charge in [-0.3, -0.25) is 4.79 Å². The zero-order valence-corrected chi connectivity index (χ0v) is 13.0. The van der Waals surface area contributed by atoms with E-state index in [1.54, 1.807) is 0 Å². The second kappa shape index (κ2) is 9.96. The molecule has 10 heteroatoms. The van der Waals surface area contributed by atoms with Gasteiger partial charge in [0, 0.05) is 12.8 Å². The van der Waals surface area contributed by atoms with E-state index >= 15 is 0 Å². The van der Waals surface area contributed by atoms with Crippen LogP contribution in [0.25, 0.3) is 0 Å². The number of carbonyl (C=O) groups excluding carboxylic acids is 1. The summed E-state index contributed by atoms with van der Waals surface area (Å²) >= 11 is 0. The maximum absolute atomic E-state index is 11.4. The molecule has 0 aliphatic heterocycles. The minimum absolute atomic E-state index is 0.550. The van der Waals surface area contributed by atoms with Crippen molar-refractivity contribution in [1.29, 1.82) is 0 Å². The summed E-state index contributed by atoms with van der Waals surface area (Å²) in [4.78, 5) is 9.29. The summed E-state index contributed by atoms with van der Waals surface area (Å²) in [6.07, 6.45) is -12.3. The van der Waals surface area contributed by atoms with Gasteiger partial charge in [-0.25, -0.2) is 0 Å². The predicted octanol–water partition coefficient (Wildman–Crippen LogP) is 3.56. The Morgan fingerprint density at radius 3 is 1.57 bits per heavy atom. The third kappa shape index (κ3) is 11.2. The maximum Gasteiger partial charge on any atom is 0.434 e. The highest BCUT2D eigenvalue weighted by Gasteiger charge is 2.59. The number of rotatable bonds is 2. The summed E-state index contributed by atoms with van der Waals surface area (Å²) in [5.74, 6) is -0.663. The Bertz CT molecular complexity index is 303. The van der Waals surface area contributed by atoms with E-state index in [1.807, 2.05) is 13.8 Å². The van der Waals surface area contributed by atoms with Gasteiger partial charge < -0.3 is 14.9 Å². The third-order valence-electron chi connectivity index (χ3n) is 2.86. The smallest absolute Gasteiger partial charge is 0.434 e. The Hall–Kier alpha value is -1.03. The molecule has 0 spiro atoms. The summed E-state index contributed by atoms with van der Waals surface area (Å²) in [6.45, 7) is 5.25. The van der Waals surface area contributed by atoms with Crippen molar-refractivity contribution in [2.45, 2.75) is 70.7 Å². The molecule has 1 aliphatic rings. The average molecular weight is 356 g/mol. The minimum Gasteiger partial charge on any atom is -0.445 e. The summed E-state index contributed by atoms with van der Waals surface area (Å²) in [5, 5.41) is 18.1. The van der Waals surface area contributed by atoms with Crippen molar-refractivity contribution in [2.75, 3.05) is 0 Å². The molecule has 0 unspecified atom stereocenters. The van der Waals surface area contributed by atoms with Crippen LogP contribution in [0.5, 0.6) is 0 Å². The Labute approximate surface area is 130 Å². The van der Waals surface area contributed by atoms with Crippen LogP contribution < -0.4 is 0 Å². The van der Waals surface area contributed by atoms with E-state index in [0.29, 0.717) is 18.8 Å². The van der Waals surface area contributed by atoms with Crippen LogP contribution in [-0.4, -0.2) is 40.9 Å². The quantitative estimate of drug-likeness (QED) is 0.451. The van der Waals surface area contributed by atoms with Crippen molar-refractivity contribution in [3.8, 4) is 0 Å². The van der Waals surface area contributed by atoms with Gasteiger partial charge >= 0.3 is 12.4 Å². The van der Waals surface area contributed by atoms with Crippen molar-refractivity contribution < 1.29 is 46.1 Å². The van der Waals surface area contributed by atoms with Crippen molar-refractivity contribution in [3.63, 3.8) is 0 Å². The van der Waals surface area contributed by atoms with E-state index in [0.717, 1.165) is 12.8 Å². The van der Waals surface area contributed by atoms with E-state index in [4.69, 9.17) is 10.2 Å². The van der Waals surface area contributed by atoms with Gasteiger partial charge in [-0.1, -0.05) is 20.8 Å². The Morgan fingerprint density at radius 2 is 1.39 bits per heavy atom. The first-order valence-corrected chi connectivity index (χ1v) is 6.97. The van der Waals surface area contributed by atoms with Crippen LogP contribution in [-0.2, 0) is 9.53 Å². The van der Waals surface area contributed by atoms with E-state index in [2.05, 4.69) is 11.7 Å². The van der Waals surface area contributed by atoms with Crippen molar-refractivity contribution in [1.82, 2.24) is 0 Å². The second-order valence-corrected chi connectivity index (χ2v) is 4.86. The molecule has 4 nitrogen and oxygen atoms in total. The summed E-state index contributed by atoms with van der Waals surface area (Å²) in [5.41, 5.74) is 0. The number of halogens is 6. The molecule has 1 fully saturated rings. The van der Waals surface area contributed by atoms with Crippen LogP contribution in [0.1, 0.15) is 46.5 Å². The topological polar surface area (TPSA) is 66.8 Å². The van der Waals surface area contributed by atoms with Crippen LogP contribution in [0, 0.1) is 5.92 Å². The highest BCUT2D eigenvalue weighted by Crippen LogP contribution is 2.35. The zero-order chi connectivity index (χ0) is 18.9. The van der Waals surface area contributed by atoms with Gasteiger partial charge in [-0.15, -0.1) is 0 Å². The molecule has 1 rings (SSSR count). The molecular formula is C13H22F6O4. The maximum atomic E-state index is 11.4. The fraction of sp³-hybridized carbons (Fsp3) is 0.923. The van der Waals surface area contributed by atoms with Gasteiger partial charge in [0.25, 0.3) is 12.6 Å². The number of ether oxygens (including phenoxy) is 1. The SMILES string of the molecule is CC.CC1CCC(O)(O)CC1.O=COC(C(F)(F)F)C(F)(F)F. The number of hydrogen-bond acceptors (Lipinski definition) is 4. The largest absolute Gasteiger partial charge is 0.445 e. The molecule has 0 aromatic heterocycles. The highest BCUT2D eigenvalue weighted by atomic mass is 19.4. The number of alkyl halides is 6. The van der Waals surface area contributed by atoms with Crippen molar-refractivity contribution in [2.24, 2.45) is 5.92 Å². The number of hydrogen-bond donors (Lipinski definition) is 2. The van der Waals surface area contributed by atoms with Gasteiger partial charge in [-0.05, 0) is 18.8 Å². The predicted molar refractivity (Wildman–Crippen MR) is 69.2 cm³/mol. The zero-order valence-electron chi connectivity index (χ0n) is 13.0. The van der Waals surface area contributed by atoms with Gasteiger partial charge in [-0.2, -0.15) is 26.3 Å². The molecular weight excluding hydrogens is 334 g/mol. The van der Waals surface area contributed by atoms with Gasteiger partial charge in [0.2, 0.25) is 0 Å². The lowest BCUT2D eigenvalue weighted by molar-refractivity contribution is -0.309. The van der Waals surface area contributed by atoms with Crippen molar-refractivity contribution in [3.05, 3.63) is 0 Å². The minimum atomic E-state index is -5.63. The van der Waals surface area contributed by atoms with Crippen molar-refractivity contribution >= 4 is 6.47 Å². The van der Waals surface area contributed by atoms with Gasteiger partial charge in [0.05, 0.1) is 0 Å². The molecule has 0 atom stereocenters. The van der Waals surface area contributed by atoms with Gasteiger partial charge in [0.15, 0.2) is 5.79 Å². The molecule has 0 bridgehead atoms. The molecule has 0 saturated heterocycles. The van der Waals surface area contributed by atoms with E-state index in [-0.39, 0.29) is 0 Å². The first kappa shape index (κ1) is 24.2. The average Bonchev–Trinajstić information content (AvgIpc) is 2.40. The highest BCUT2D eigenvalue weighted by molar-refractivity contribution is 5.37. The van der Waals surface area contributed by atoms with Crippen LogP contribution in [0.4, 0.5) is 26.3 Å². The lowest BCUT2D eigenvalue weighted by Crippen LogP contribution is -2.44. The summed E-state index contributed by atoms with van der Waals surface area (Å²) in [6, 6.07) is 0. The molecule has 0 heterocycles. The Kier molecular flexibility index (Phi) is 10.5. The summed E-state index contributed by atoms with van der Waals surface area (Å²) in [7, 11) is 0. The number of aliphatic hydroxyl groups is 2. The van der Waals surface area contributed by atoms with E-state index in [9.17, 15) is 31.1 Å². The molecule has 0 radical (unpaired) electrons. The Balaban J connectivity index is 0. The standard InChI is InChI=1S/C7H14O2.C4H2F6O2.C2H6/c1-6-2-4-7(8,9)5-3-6;5-3(6,7)2(12-1-11)4(8,9)10;1-2/h6,8-9H,2-5H2,1H3;1-2H;1-2H3. The second-order valence-electron chi connectivity index (χ2n) is 4.86. The molecule has 2 N–H and O–H groups in total. The normalized spacial score (nSPS) is 18.3. The number of carbonyl (C=O) groups is 1. The van der Waals surface area contributed by atoms with Crippen LogP contribution in [0.3, 0.4) is 0 Å². The van der Waals surface area contributed by atoms with Crippen LogP contribution in [0.15, 0.2) is 0 Å². The van der Waals surface area contributed by atoms with Crippen LogP contribution >= 0.6 is 0 Å². The first-order valence-electron chi connectivity index (χ1n) is 6.97. The van der Waals surface area contributed by atoms with E-state index < -0.39 is 30.7 Å². The molecule has 0 amide bonds. The van der Waals surface area contributed by atoms with Crippen LogP contribution in [0.2, 0.25) is 0 Å². The molecule has 1 aliphatic carbocycles. The fourth-order valence-corrected chi connectivity index (χ4v) is 1.62. The fourth-order valence-electron chi connectivity index (χ4n) is 1.62. The molecule has 0 aromatic carbocycles. The first-order chi connectivity index (χ1) is 10.3. The molecule has 1 saturated carbocycles. The van der Waals surface area contributed by atoms with E-state index in [1.165, 1.54) is 0 Å². The lowest BCUT2D eigenvalue weighted by Gasteiger charge is -2.29. The molecule has 23 heavy (non-hydrogen) atoms.